The molecular formula is C12H15N3O. The van der Waals surface area contributed by atoms with Gasteiger partial charge in [-0.25, -0.2) is 9.50 Å². The minimum atomic E-state index is -0.0196. The molecule has 2 aromatic heterocycles. The van der Waals surface area contributed by atoms with Crippen molar-refractivity contribution in [1.29, 1.82) is 0 Å². The summed E-state index contributed by atoms with van der Waals surface area (Å²) in [6, 6.07) is 3.46. The number of aryl methyl sites for hydroxylation is 1. The van der Waals surface area contributed by atoms with Gasteiger partial charge in [-0.05, 0) is 31.1 Å². The lowest BCUT2D eigenvalue weighted by molar-refractivity contribution is 0.663. The number of nitrogens with one attached hydrogen (secondary N) is 1. The topological polar surface area (TPSA) is 50.2 Å². The van der Waals surface area contributed by atoms with E-state index in [4.69, 9.17) is 0 Å². The van der Waals surface area contributed by atoms with Crippen LogP contribution in [0, 0.1) is 11.8 Å². The van der Waals surface area contributed by atoms with E-state index >= 15 is 0 Å². The van der Waals surface area contributed by atoms with Crippen LogP contribution in [0.25, 0.3) is 5.65 Å². The van der Waals surface area contributed by atoms with Crippen molar-refractivity contribution in [3.63, 3.8) is 0 Å². The largest absolute Gasteiger partial charge is 0.297 e. The van der Waals surface area contributed by atoms with Crippen molar-refractivity contribution in [2.45, 2.75) is 26.2 Å². The summed E-state index contributed by atoms with van der Waals surface area (Å²) >= 11 is 0. The van der Waals surface area contributed by atoms with Crippen molar-refractivity contribution in [2.75, 3.05) is 0 Å². The molecule has 3 rings (SSSR count). The minimum Gasteiger partial charge on any atom is -0.297 e. The second-order valence-electron chi connectivity index (χ2n) is 4.75. The molecule has 1 N–H and O–H groups in total. The van der Waals surface area contributed by atoms with E-state index in [2.05, 4.69) is 17.0 Å². The first-order valence-corrected chi connectivity index (χ1v) is 5.80. The van der Waals surface area contributed by atoms with E-state index in [1.807, 2.05) is 6.07 Å². The Balaban J connectivity index is 1.83. The molecule has 0 saturated heterocycles. The SMILES string of the molecule is C[C@H]1C[C@@H]1CCc1cc(=O)n2[nH]ccc2n1. The number of nitrogens with zero attached hydrogens (tertiary/aromatic N) is 2. The lowest BCUT2D eigenvalue weighted by atomic mass is 10.1. The molecule has 1 saturated carbocycles. The molecule has 4 nitrogen and oxygen atoms in total. The van der Waals surface area contributed by atoms with E-state index < -0.39 is 0 Å². The number of hydrogen-bond donors (Lipinski definition) is 1. The molecule has 0 bridgehead atoms. The predicted octanol–water partition coefficient (Wildman–Crippen LogP) is 1.61. The number of aromatic amines is 1. The van der Waals surface area contributed by atoms with Gasteiger partial charge >= 0.3 is 0 Å². The molecule has 0 unspecified atom stereocenters. The van der Waals surface area contributed by atoms with Gasteiger partial charge in [0.1, 0.15) is 0 Å². The zero-order chi connectivity index (χ0) is 11.1. The molecule has 0 radical (unpaired) electrons. The van der Waals surface area contributed by atoms with Gasteiger partial charge in [-0.3, -0.25) is 9.89 Å². The third-order valence-electron chi connectivity index (χ3n) is 3.48. The number of rotatable bonds is 3. The zero-order valence-corrected chi connectivity index (χ0v) is 9.31. The van der Waals surface area contributed by atoms with Crippen LogP contribution in [0.5, 0.6) is 0 Å². The fraction of sp³-hybridized carbons (Fsp3) is 0.500. The monoisotopic (exact) mass is 217 g/mol. The maximum atomic E-state index is 11.7. The molecule has 0 aliphatic heterocycles. The van der Waals surface area contributed by atoms with Gasteiger partial charge in [-0.15, -0.1) is 0 Å². The normalized spacial score (nSPS) is 23.8. The third-order valence-corrected chi connectivity index (χ3v) is 3.48. The molecule has 0 aromatic carbocycles. The Bertz CT molecular complexity index is 569. The Morgan fingerprint density at radius 3 is 3.19 bits per heavy atom. The van der Waals surface area contributed by atoms with Crippen LogP contribution in [0.4, 0.5) is 0 Å². The highest BCUT2D eigenvalue weighted by molar-refractivity contribution is 5.36. The molecule has 0 spiro atoms. The van der Waals surface area contributed by atoms with Crippen molar-refractivity contribution < 1.29 is 0 Å². The summed E-state index contributed by atoms with van der Waals surface area (Å²) in [4.78, 5) is 16.1. The molecule has 2 heterocycles. The van der Waals surface area contributed by atoms with E-state index in [9.17, 15) is 4.79 Å². The minimum absolute atomic E-state index is 0.0196. The average Bonchev–Trinajstić information content (AvgIpc) is 2.78. The molecule has 1 aliphatic carbocycles. The predicted molar refractivity (Wildman–Crippen MR) is 61.4 cm³/mol. The van der Waals surface area contributed by atoms with Gasteiger partial charge in [-0.2, -0.15) is 0 Å². The lowest BCUT2D eigenvalue weighted by Gasteiger charge is -2.00. The van der Waals surface area contributed by atoms with Crippen LogP contribution in [0.3, 0.4) is 0 Å². The van der Waals surface area contributed by atoms with E-state index in [1.165, 1.54) is 10.9 Å². The molecule has 4 heteroatoms. The summed E-state index contributed by atoms with van der Waals surface area (Å²) in [7, 11) is 0. The van der Waals surface area contributed by atoms with Crippen LogP contribution in [0.2, 0.25) is 0 Å². The van der Waals surface area contributed by atoms with Crippen LogP contribution in [-0.4, -0.2) is 14.6 Å². The van der Waals surface area contributed by atoms with Crippen LogP contribution in [0.15, 0.2) is 23.1 Å². The fourth-order valence-electron chi connectivity index (χ4n) is 2.24. The maximum Gasteiger partial charge on any atom is 0.272 e. The van der Waals surface area contributed by atoms with Gasteiger partial charge in [-0.1, -0.05) is 6.92 Å². The van der Waals surface area contributed by atoms with Crippen molar-refractivity contribution in [1.82, 2.24) is 14.6 Å². The Kier molecular flexibility index (Phi) is 2.09. The molecular weight excluding hydrogens is 202 g/mol. The molecule has 1 fully saturated rings. The van der Waals surface area contributed by atoms with E-state index in [0.29, 0.717) is 5.65 Å². The summed E-state index contributed by atoms with van der Waals surface area (Å²) < 4.78 is 1.46. The number of fused-ring (bicyclic) bond motifs is 1. The van der Waals surface area contributed by atoms with Gasteiger partial charge in [0.2, 0.25) is 0 Å². The summed E-state index contributed by atoms with van der Waals surface area (Å²) in [5.41, 5.74) is 1.61. The lowest BCUT2D eigenvalue weighted by Crippen LogP contribution is -2.15. The van der Waals surface area contributed by atoms with E-state index in [0.717, 1.165) is 30.4 Å². The van der Waals surface area contributed by atoms with Gasteiger partial charge in [0.15, 0.2) is 5.65 Å². The Morgan fingerprint density at radius 2 is 2.44 bits per heavy atom. The Hall–Kier alpha value is -1.58. The standard InChI is InChI=1S/C12H15N3O/c1-8-6-9(8)2-3-10-7-12(16)15-11(14-10)4-5-13-15/h4-5,7-9,13H,2-3,6H2,1H3/t8-,9-/m0/s1. The first-order valence-electron chi connectivity index (χ1n) is 5.80. The highest BCUT2D eigenvalue weighted by Gasteiger charge is 2.31. The second kappa shape index (κ2) is 3.47. The first kappa shape index (κ1) is 9.63. The second-order valence-corrected chi connectivity index (χ2v) is 4.75. The number of H-pyrrole nitrogens is 1. The Labute approximate surface area is 93.3 Å². The third kappa shape index (κ3) is 1.64. The van der Waals surface area contributed by atoms with Crippen LogP contribution in [-0.2, 0) is 6.42 Å². The molecule has 2 aromatic rings. The molecule has 1 aliphatic rings. The zero-order valence-electron chi connectivity index (χ0n) is 9.31. The smallest absolute Gasteiger partial charge is 0.272 e. The van der Waals surface area contributed by atoms with Crippen LogP contribution in [0.1, 0.15) is 25.5 Å². The summed E-state index contributed by atoms with van der Waals surface area (Å²) in [5, 5.41) is 2.84. The van der Waals surface area contributed by atoms with Crippen molar-refractivity contribution in [2.24, 2.45) is 11.8 Å². The molecule has 84 valence electrons. The summed E-state index contributed by atoms with van der Waals surface area (Å²) in [5.74, 6) is 1.73. The number of aromatic nitrogens is 3. The van der Waals surface area contributed by atoms with Gasteiger partial charge in [0.05, 0.1) is 0 Å². The van der Waals surface area contributed by atoms with Gasteiger partial charge < -0.3 is 0 Å². The first-order chi connectivity index (χ1) is 7.74. The van der Waals surface area contributed by atoms with Crippen LogP contribution < -0.4 is 5.56 Å². The fourth-order valence-corrected chi connectivity index (χ4v) is 2.24. The maximum absolute atomic E-state index is 11.7. The number of hydrogen-bond acceptors (Lipinski definition) is 2. The molecule has 16 heavy (non-hydrogen) atoms. The highest BCUT2D eigenvalue weighted by atomic mass is 16.1. The van der Waals surface area contributed by atoms with E-state index in [1.54, 1.807) is 12.3 Å². The molecule has 2 atom stereocenters. The van der Waals surface area contributed by atoms with Crippen LogP contribution >= 0.6 is 0 Å². The highest BCUT2D eigenvalue weighted by Crippen LogP contribution is 2.40. The molecule has 0 amide bonds. The van der Waals surface area contributed by atoms with Crippen molar-refractivity contribution in [3.8, 4) is 0 Å². The van der Waals surface area contributed by atoms with E-state index in [-0.39, 0.29) is 5.56 Å². The Morgan fingerprint density at radius 1 is 1.62 bits per heavy atom. The quantitative estimate of drug-likeness (QED) is 0.849. The van der Waals surface area contributed by atoms with Gasteiger partial charge in [0, 0.05) is 24.0 Å². The van der Waals surface area contributed by atoms with Crippen molar-refractivity contribution >= 4 is 5.65 Å². The average molecular weight is 217 g/mol. The summed E-state index contributed by atoms with van der Waals surface area (Å²) in [6.07, 6.45) is 5.15. The van der Waals surface area contributed by atoms with Crippen molar-refractivity contribution in [3.05, 3.63) is 34.4 Å². The van der Waals surface area contributed by atoms with Gasteiger partial charge in [0.25, 0.3) is 5.56 Å². The summed E-state index contributed by atoms with van der Waals surface area (Å²) in [6.45, 7) is 2.28.